The summed E-state index contributed by atoms with van der Waals surface area (Å²) < 4.78 is 20.3. The van der Waals surface area contributed by atoms with Crippen molar-refractivity contribution in [2.75, 3.05) is 17.2 Å². The summed E-state index contributed by atoms with van der Waals surface area (Å²) in [6.45, 7) is 0.0392. The lowest BCUT2D eigenvalue weighted by atomic mass is 10.1. The average Bonchev–Trinajstić information content (AvgIpc) is 3.72. The molecule has 1 fully saturated rings. The van der Waals surface area contributed by atoms with Crippen molar-refractivity contribution in [1.82, 2.24) is 4.90 Å². The molecule has 10 heteroatoms. The van der Waals surface area contributed by atoms with E-state index in [4.69, 9.17) is 9.84 Å². The Labute approximate surface area is 210 Å². The Kier molecular flexibility index (Phi) is 6.31. The van der Waals surface area contributed by atoms with E-state index in [1.165, 1.54) is 36.4 Å². The zero-order valence-corrected chi connectivity index (χ0v) is 19.5. The fourth-order valence-electron chi connectivity index (χ4n) is 4.06. The summed E-state index contributed by atoms with van der Waals surface area (Å²) in [5.74, 6) is -2.59. The molecule has 0 bridgehead atoms. The van der Waals surface area contributed by atoms with Crippen molar-refractivity contribution < 1.29 is 33.4 Å². The molecule has 0 atom stereocenters. The van der Waals surface area contributed by atoms with Crippen LogP contribution >= 0.6 is 0 Å². The number of fused-ring (bicyclic) bond motifs is 1. The lowest BCUT2D eigenvalue weighted by Crippen LogP contribution is -2.33. The molecule has 0 unspecified atom stereocenters. The highest BCUT2D eigenvalue weighted by molar-refractivity contribution is 6.04. The molecule has 1 aliphatic carbocycles. The molecule has 0 saturated heterocycles. The van der Waals surface area contributed by atoms with Gasteiger partial charge in [-0.1, -0.05) is 6.07 Å². The zero-order valence-electron chi connectivity index (χ0n) is 19.5. The molecular weight excluding hydrogens is 481 g/mol. The third-order valence-corrected chi connectivity index (χ3v) is 6.13. The van der Waals surface area contributed by atoms with Crippen molar-refractivity contribution in [1.29, 1.82) is 0 Å². The largest absolute Gasteiger partial charge is 0.482 e. The van der Waals surface area contributed by atoms with E-state index in [0.29, 0.717) is 28.3 Å². The Morgan fingerprint density at radius 1 is 1.03 bits per heavy atom. The van der Waals surface area contributed by atoms with E-state index < -0.39 is 17.7 Å². The maximum absolute atomic E-state index is 14.9. The van der Waals surface area contributed by atoms with Gasteiger partial charge in [-0.2, -0.15) is 0 Å². The van der Waals surface area contributed by atoms with E-state index >= 15 is 0 Å². The second-order valence-corrected chi connectivity index (χ2v) is 8.86. The minimum atomic E-state index is -1.09. The van der Waals surface area contributed by atoms with E-state index in [0.717, 1.165) is 12.8 Å². The van der Waals surface area contributed by atoms with Crippen molar-refractivity contribution in [3.63, 3.8) is 0 Å². The molecule has 3 aromatic carbocycles. The molecule has 3 N–H and O–H groups in total. The lowest BCUT2D eigenvalue weighted by molar-refractivity contribution is -0.118. The number of carboxylic acids is 1. The number of rotatable bonds is 7. The van der Waals surface area contributed by atoms with Crippen LogP contribution in [0.2, 0.25) is 0 Å². The van der Waals surface area contributed by atoms with Gasteiger partial charge in [0.1, 0.15) is 11.6 Å². The number of carbonyl (C=O) groups excluding carboxylic acids is 3. The number of hydrogen-bond donors (Lipinski definition) is 3. The van der Waals surface area contributed by atoms with E-state index in [1.807, 2.05) is 0 Å². The van der Waals surface area contributed by atoms with Gasteiger partial charge in [-0.05, 0) is 73.0 Å². The van der Waals surface area contributed by atoms with Crippen LogP contribution in [0.4, 0.5) is 15.8 Å². The van der Waals surface area contributed by atoms with Gasteiger partial charge in [-0.25, -0.2) is 9.18 Å². The van der Waals surface area contributed by atoms with Gasteiger partial charge in [-0.15, -0.1) is 0 Å². The highest BCUT2D eigenvalue weighted by atomic mass is 19.1. The Morgan fingerprint density at radius 2 is 1.76 bits per heavy atom. The van der Waals surface area contributed by atoms with Crippen molar-refractivity contribution in [2.45, 2.75) is 25.4 Å². The van der Waals surface area contributed by atoms with Gasteiger partial charge in [0.2, 0.25) is 0 Å². The van der Waals surface area contributed by atoms with Gasteiger partial charge in [0.05, 0.1) is 16.8 Å². The van der Waals surface area contributed by atoms with E-state index in [9.17, 15) is 23.6 Å². The number of nitrogens with one attached hydrogen (secondary N) is 2. The van der Waals surface area contributed by atoms with Gasteiger partial charge in [0, 0.05) is 23.8 Å². The monoisotopic (exact) mass is 503 g/mol. The molecule has 0 radical (unpaired) electrons. The molecule has 3 aromatic rings. The Bertz CT molecular complexity index is 1420. The summed E-state index contributed by atoms with van der Waals surface area (Å²) in [6, 6.07) is 14.6. The van der Waals surface area contributed by atoms with E-state index in [1.54, 1.807) is 29.2 Å². The van der Waals surface area contributed by atoms with Crippen LogP contribution in [0.5, 0.6) is 5.75 Å². The molecule has 3 amide bonds. The standard InChI is InChI=1S/C27H22FN3O6/c28-21-11-15(1-9-20(21)25(33)29-18-5-2-16(3-6-18)27(35)36)13-31(19-7-8-19)26(34)17-4-10-22-23(12-17)37-14-24(32)30-22/h1-6,9-12,19H,7-8,13-14H2,(H,29,33)(H,30,32)(H,35,36). The average molecular weight is 503 g/mol. The highest BCUT2D eigenvalue weighted by Gasteiger charge is 2.34. The van der Waals surface area contributed by atoms with Crippen molar-refractivity contribution in [3.8, 4) is 5.75 Å². The summed E-state index contributed by atoms with van der Waals surface area (Å²) in [6.07, 6.45) is 1.68. The molecule has 188 valence electrons. The van der Waals surface area contributed by atoms with Crippen LogP contribution in [0.1, 0.15) is 49.5 Å². The number of halogens is 1. The van der Waals surface area contributed by atoms with Crippen LogP contribution in [0.15, 0.2) is 60.7 Å². The summed E-state index contributed by atoms with van der Waals surface area (Å²) >= 11 is 0. The third-order valence-electron chi connectivity index (χ3n) is 6.13. The summed E-state index contributed by atoms with van der Waals surface area (Å²) in [4.78, 5) is 50.0. The summed E-state index contributed by atoms with van der Waals surface area (Å²) in [7, 11) is 0. The number of carbonyl (C=O) groups is 4. The molecule has 0 spiro atoms. The maximum atomic E-state index is 14.9. The van der Waals surface area contributed by atoms with Gasteiger partial charge in [0.25, 0.3) is 17.7 Å². The first-order chi connectivity index (χ1) is 17.8. The number of benzene rings is 3. The highest BCUT2D eigenvalue weighted by Crippen LogP contribution is 2.33. The summed E-state index contributed by atoms with van der Waals surface area (Å²) in [5, 5.41) is 14.2. The van der Waals surface area contributed by atoms with Crippen molar-refractivity contribution >= 4 is 35.1 Å². The fraction of sp³-hybridized carbons (Fsp3) is 0.185. The zero-order chi connectivity index (χ0) is 26.1. The molecule has 0 aromatic heterocycles. The third kappa shape index (κ3) is 5.27. The van der Waals surface area contributed by atoms with Gasteiger partial charge >= 0.3 is 5.97 Å². The first-order valence-corrected chi connectivity index (χ1v) is 11.6. The molecule has 1 heterocycles. The number of aromatic carboxylic acids is 1. The Balaban J connectivity index is 1.29. The Morgan fingerprint density at radius 3 is 2.43 bits per heavy atom. The molecule has 1 saturated carbocycles. The number of ether oxygens (including phenoxy) is 1. The predicted molar refractivity (Wildman–Crippen MR) is 131 cm³/mol. The lowest BCUT2D eigenvalue weighted by Gasteiger charge is -2.24. The van der Waals surface area contributed by atoms with Gasteiger partial charge in [-0.3, -0.25) is 14.4 Å². The maximum Gasteiger partial charge on any atom is 0.335 e. The minimum Gasteiger partial charge on any atom is -0.482 e. The number of anilines is 2. The topological polar surface area (TPSA) is 125 Å². The smallest absolute Gasteiger partial charge is 0.335 e. The van der Waals surface area contributed by atoms with Gasteiger partial charge < -0.3 is 25.4 Å². The van der Waals surface area contributed by atoms with Crippen LogP contribution in [0.25, 0.3) is 0 Å². The van der Waals surface area contributed by atoms with Crippen LogP contribution in [-0.4, -0.2) is 46.3 Å². The fourth-order valence-corrected chi connectivity index (χ4v) is 4.06. The normalized spacial score (nSPS) is 14.1. The minimum absolute atomic E-state index is 0.0314. The van der Waals surface area contributed by atoms with E-state index in [2.05, 4.69) is 10.6 Å². The number of amides is 3. The molecular formula is C27H22FN3O6. The predicted octanol–water partition coefficient (Wildman–Crippen LogP) is 3.91. The van der Waals surface area contributed by atoms with Gasteiger partial charge in [0.15, 0.2) is 6.61 Å². The van der Waals surface area contributed by atoms with Crippen molar-refractivity contribution in [2.24, 2.45) is 0 Å². The quantitative estimate of drug-likeness (QED) is 0.449. The first kappa shape index (κ1) is 24.0. The van der Waals surface area contributed by atoms with Crippen LogP contribution in [-0.2, 0) is 11.3 Å². The number of hydrogen-bond acceptors (Lipinski definition) is 5. The second kappa shape index (κ2) is 9.73. The molecule has 5 rings (SSSR count). The molecule has 9 nitrogen and oxygen atoms in total. The van der Waals surface area contributed by atoms with Crippen LogP contribution < -0.4 is 15.4 Å². The SMILES string of the molecule is O=C1COc2cc(C(=O)N(Cc3ccc(C(=O)Nc4ccc(C(=O)O)cc4)c(F)c3)C3CC3)ccc2N1. The number of nitrogens with zero attached hydrogens (tertiary/aromatic N) is 1. The molecule has 37 heavy (non-hydrogen) atoms. The van der Waals surface area contributed by atoms with Crippen LogP contribution in [0.3, 0.4) is 0 Å². The first-order valence-electron chi connectivity index (χ1n) is 11.6. The Hall–Kier alpha value is -4.73. The summed E-state index contributed by atoms with van der Waals surface area (Å²) in [5.41, 5.74) is 1.65. The van der Waals surface area contributed by atoms with E-state index in [-0.39, 0.29) is 42.1 Å². The molecule has 2 aliphatic rings. The molecule has 1 aliphatic heterocycles. The second-order valence-electron chi connectivity index (χ2n) is 8.86. The van der Waals surface area contributed by atoms with Crippen LogP contribution in [0, 0.1) is 5.82 Å². The van der Waals surface area contributed by atoms with Crippen molar-refractivity contribution in [3.05, 3.63) is 88.7 Å². The number of carboxylic acid groups (broad SMARTS) is 1.